The van der Waals surface area contributed by atoms with E-state index >= 15 is 0 Å². The molecule has 0 spiro atoms. The minimum absolute atomic E-state index is 0.545. The van der Waals surface area contributed by atoms with E-state index in [4.69, 9.17) is 4.74 Å². The Morgan fingerprint density at radius 1 is 1.27 bits per heavy atom. The van der Waals surface area contributed by atoms with Gasteiger partial charge in [-0.15, -0.1) is 0 Å². The molecule has 1 aliphatic heterocycles. The summed E-state index contributed by atoms with van der Waals surface area (Å²) in [5.74, 6) is 0.955. The molecule has 0 radical (unpaired) electrons. The lowest BCUT2D eigenvalue weighted by atomic mass is 10.1. The molecule has 3 heteroatoms. The van der Waals surface area contributed by atoms with Crippen molar-refractivity contribution in [3.05, 3.63) is 30.3 Å². The number of benzene rings is 1. The van der Waals surface area contributed by atoms with Gasteiger partial charge in [0, 0.05) is 12.1 Å². The van der Waals surface area contributed by atoms with Crippen LogP contribution in [0.1, 0.15) is 19.8 Å². The fourth-order valence-corrected chi connectivity index (χ4v) is 1.83. The number of para-hydroxylation sites is 1. The highest BCUT2D eigenvalue weighted by atomic mass is 16.5. The third-order valence-corrected chi connectivity index (χ3v) is 2.65. The lowest BCUT2D eigenvalue weighted by Gasteiger charge is -2.10. The van der Waals surface area contributed by atoms with Crippen LogP contribution in [0.25, 0.3) is 0 Å². The molecule has 0 bridgehead atoms. The van der Waals surface area contributed by atoms with Gasteiger partial charge in [-0.05, 0) is 31.9 Å². The maximum atomic E-state index is 5.64. The van der Waals surface area contributed by atoms with Crippen LogP contribution in [0.2, 0.25) is 0 Å². The van der Waals surface area contributed by atoms with Gasteiger partial charge in [-0.1, -0.05) is 18.2 Å². The lowest BCUT2D eigenvalue weighted by Crippen LogP contribution is -2.33. The molecule has 3 nitrogen and oxygen atoms in total. The standard InChI is InChI=1S/C12H18N2O/c1-10-9-11(14-13-10)7-8-15-12-5-3-2-4-6-12/h2-6,10-11,13-14H,7-9H2,1H3. The van der Waals surface area contributed by atoms with Gasteiger partial charge in [-0.25, -0.2) is 0 Å². The van der Waals surface area contributed by atoms with Crippen LogP contribution in [0.5, 0.6) is 5.75 Å². The summed E-state index contributed by atoms with van der Waals surface area (Å²) >= 11 is 0. The predicted octanol–water partition coefficient (Wildman–Crippen LogP) is 1.71. The van der Waals surface area contributed by atoms with Crippen LogP contribution in [0.3, 0.4) is 0 Å². The van der Waals surface area contributed by atoms with E-state index in [-0.39, 0.29) is 0 Å². The van der Waals surface area contributed by atoms with Crippen molar-refractivity contribution < 1.29 is 4.74 Å². The zero-order valence-electron chi connectivity index (χ0n) is 9.07. The van der Waals surface area contributed by atoms with Crippen molar-refractivity contribution in [2.24, 2.45) is 0 Å². The monoisotopic (exact) mass is 206 g/mol. The highest BCUT2D eigenvalue weighted by molar-refractivity contribution is 5.20. The van der Waals surface area contributed by atoms with Gasteiger partial charge < -0.3 is 4.74 Å². The second-order valence-corrected chi connectivity index (χ2v) is 4.07. The molecule has 2 N–H and O–H groups in total. The average molecular weight is 206 g/mol. The molecule has 2 rings (SSSR count). The minimum atomic E-state index is 0.545. The predicted molar refractivity (Wildman–Crippen MR) is 60.7 cm³/mol. The molecule has 0 amide bonds. The largest absolute Gasteiger partial charge is 0.494 e. The van der Waals surface area contributed by atoms with Crippen LogP contribution in [0.4, 0.5) is 0 Å². The molecule has 0 aliphatic carbocycles. The van der Waals surface area contributed by atoms with Gasteiger partial charge in [0.15, 0.2) is 0 Å². The van der Waals surface area contributed by atoms with E-state index in [2.05, 4.69) is 17.8 Å². The molecular formula is C12H18N2O. The van der Waals surface area contributed by atoms with Crippen molar-refractivity contribution in [1.29, 1.82) is 0 Å². The summed E-state index contributed by atoms with van der Waals surface area (Å²) < 4.78 is 5.64. The Kier molecular flexibility index (Phi) is 3.59. The first-order chi connectivity index (χ1) is 7.34. The van der Waals surface area contributed by atoms with Crippen LogP contribution >= 0.6 is 0 Å². The summed E-state index contributed by atoms with van der Waals surface area (Å²) in [7, 11) is 0. The van der Waals surface area contributed by atoms with E-state index in [1.54, 1.807) is 0 Å². The smallest absolute Gasteiger partial charge is 0.119 e. The van der Waals surface area contributed by atoms with Gasteiger partial charge >= 0.3 is 0 Å². The second-order valence-electron chi connectivity index (χ2n) is 4.07. The van der Waals surface area contributed by atoms with Crippen molar-refractivity contribution in [2.75, 3.05) is 6.61 Å². The van der Waals surface area contributed by atoms with Gasteiger partial charge in [-0.2, -0.15) is 0 Å². The van der Waals surface area contributed by atoms with E-state index < -0.39 is 0 Å². The van der Waals surface area contributed by atoms with E-state index in [9.17, 15) is 0 Å². The maximum Gasteiger partial charge on any atom is 0.119 e. The maximum absolute atomic E-state index is 5.64. The summed E-state index contributed by atoms with van der Waals surface area (Å²) in [6.45, 7) is 2.96. The van der Waals surface area contributed by atoms with Gasteiger partial charge in [0.05, 0.1) is 6.61 Å². The highest BCUT2D eigenvalue weighted by Crippen LogP contribution is 2.11. The number of nitrogens with one attached hydrogen (secondary N) is 2. The fraction of sp³-hybridized carbons (Fsp3) is 0.500. The number of rotatable bonds is 4. The van der Waals surface area contributed by atoms with E-state index in [1.807, 2.05) is 30.3 Å². The number of hydrogen-bond acceptors (Lipinski definition) is 3. The van der Waals surface area contributed by atoms with Crippen LogP contribution in [-0.2, 0) is 0 Å². The Morgan fingerprint density at radius 3 is 2.73 bits per heavy atom. The summed E-state index contributed by atoms with van der Waals surface area (Å²) in [5.41, 5.74) is 6.48. The first-order valence-corrected chi connectivity index (χ1v) is 5.53. The summed E-state index contributed by atoms with van der Waals surface area (Å²) in [6, 6.07) is 11.1. The zero-order valence-corrected chi connectivity index (χ0v) is 9.07. The molecule has 0 aromatic heterocycles. The van der Waals surface area contributed by atoms with Crippen molar-refractivity contribution in [3.8, 4) is 5.75 Å². The Hall–Kier alpha value is -1.06. The average Bonchev–Trinajstić information content (AvgIpc) is 2.66. The number of ether oxygens (including phenoxy) is 1. The normalized spacial score (nSPS) is 25.4. The summed E-state index contributed by atoms with van der Waals surface area (Å²) in [4.78, 5) is 0. The third kappa shape index (κ3) is 3.22. The molecule has 1 aliphatic rings. The summed E-state index contributed by atoms with van der Waals surface area (Å²) in [5, 5.41) is 0. The van der Waals surface area contributed by atoms with E-state index in [0.29, 0.717) is 12.1 Å². The van der Waals surface area contributed by atoms with Crippen molar-refractivity contribution >= 4 is 0 Å². The minimum Gasteiger partial charge on any atom is -0.494 e. The van der Waals surface area contributed by atoms with Crippen molar-refractivity contribution in [1.82, 2.24) is 10.9 Å². The zero-order chi connectivity index (χ0) is 10.5. The third-order valence-electron chi connectivity index (χ3n) is 2.65. The SMILES string of the molecule is CC1CC(CCOc2ccccc2)NN1. The van der Waals surface area contributed by atoms with Crippen LogP contribution in [-0.4, -0.2) is 18.7 Å². The summed E-state index contributed by atoms with van der Waals surface area (Å²) in [6.07, 6.45) is 2.23. The van der Waals surface area contributed by atoms with E-state index in [0.717, 1.165) is 18.8 Å². The molecule has 15 heavy (non-hydrogen) atoms. The van der Waals surface area contributed by atoms with Crippen LogP contribution < -0.4 is 15.6 Å². The molecule has 1 aromatic rings. The van der Waals surface area contributed by atoms with Gasteiger partial charge in [-0.3, -0.25) is 10.9 Å². The molecule has 1 aromatic carbocycles. The number of hydrogen-bond donors (Lipinski definition) is 2. The first kappa shape index (κ1) is 10.5. The molecule has 1 saturated heterocycles. The quantitative estimate of drug-likeness (QED) is 0.787. The molecule has 2 unspecified atom stereocenters. The van der Waals surface area contributed by atoms with Crippen molar-refractivity contribution in [3.63, 3.8) is 0 Å². The van der Waals surface area contributed by atoms with Crippen LogP contribution in [0, 0.1) is 0 Å². The highest BCUT2D eigenvalue weighted by Gasteiger charge is 2.19. The second kappa shape index (κ2) is 5.14. The lowest BCUT2D eigenvalue weighted by molar-refractivity contribution is 0.290. The van der Waals surface area contributed by atoms with Gasteiger partial charge in [0.2, 0.25) is 0 Å². The molecular weight excluding hydrogens is 188 g/mol. The Balaban J connectivity index is 1.67. The van der Waals surface area contributed by atoms with E-state index in [1.165, 1.54) is 6.42 Å². The molecule has 1 fully saturated rings. The Bertz CT molecular complexity index is 289. The Labute approximate surface area is 90.8 Å². The Morgan fingerprint density at radius 2 is 2.07 bits per heavy atom. The van der Waals surface area contributed by atoms with Gasteiger partial charge in [0.25, 0.3) is 0 Å². The number of hydrazine groups is 1. The molecule has 2 atom stereocenters. The van der Waals surface area contributed by atoms with Crippen molar-refractivity contribution in [2.45, 2.75) is 31.8 Å². The van der Waals surface area contributed by atoms with Crippen LogP contribution in [0.15, 0.2) is 30.3 Å². The fourth-order valence-electron chi connectivity index (χ4n) is 1.83. The molecule has 0 saturated carbocycles. The first-order valence-electron chi connectivity index (χ1n) is 5.53. The molecule has 1 heterocycles. The molecule has 82 valence electrons. The van der Waals surface area contributed by atoms with Gasteiger partial charge in [0.1, 0.15) is 5.75 Å². The topological polar surface area (TPSA) is 33.3 Å².